The molecule has 0 fully saturated rings. The Morgan fingerprint density at radius 3 is 2.23 bits per heavy atom. The fraction of sp³-hybridized carbons (Fsp3) is 0.316. The summed E-state index contributed by atoms with van der Waals surface area (Å²) >= 11 is 0. The van der Waals surface area contributed by atoms with Gasteiger partial charge in [-0.3, -0.25) is 4.79 Å². The summed E-state index contributed by atoms with van der Waals surface area (Å²) in [6.45, 7) is 4.05. The first-order valence-corrected chi connectivity index (χ1v) is 7.75. The van der Waals surface area contributed by atoms with E-state index in [9.17, 15) is 15.0 Å². The lowest BCUT2D eigenvalue weighted by atomic mass is 9.93. The first kappa shape index (κ1) is 16.1. The lowest BCUT2D eigenvalue weighted by molar-refractivity contribution is 0.103. The number of hydrogen-bond donors (Lipinski definition) is 2. The molecular formula is C19H22O3. The fourth-order valence-electron chi connectivity index (χ4n) is 2.68. The third kappa shape index (κ3) is 3.30. The molecule has 0 saturated heterocycles. The van der Waals surface area contributed by atoms with Crippen LogP contribution in [0.4, 0.5) is 0 Å². The van der Waals surface area contributed by atoms with Crippen LogP contribution in [-0.4, -0.2) is 16.0 Å². The topological polar surface area (TPSA) is 57.5 Å². The summed E-state index contributed by atoms with van der Waals surface area (Å²) in [5, 5.41) is 20.2. The Hall–Kier alpha value is -2.29. The highest BCUT2D eigenvalue weighted by Crippen LogP contribution is 2.31. The number of carbonyl (C=O) groups excluding carboxylic acids is 1. The van der Waals surface area contributed by atoms with Crippen LogP contribution in [0.2, 0.25) is 0 Å². The maximum atomic E-state index is 12.8. The molecule has 0 radical (unpaired) electrons. The van der Waals surface area contributed by atoms with E-state index in [1.807, 2.05) is 25.1 Å². The summed E-state index contributed by atoms with van der Waals surface area (Å²) in [5.41, 5.74) is 2.34. The number of ketones is 1. The van der Waals surface area contributed by atoms with E-state index in [-0.39, 0.29) is 22.8 Å². The van der Waals surface area contributed by atoms with Crippen molar-refractivity contribution in [2.24, 2.45) is 0 Å². The molecule has 0 amide bonds. The van der Waals surface area contributed by atoms with Crippen molar-refractivity contribution in [1.82, 2.24) is 0 Å². The van der Waals surface area contributed by atoms with Crippen molar-refractivity contribution >= 4 is 5.78 Å². The minimum absolute atomic E-state index is 0.0116. The summed E-state index contributed by atoms with van der Waals surface area (Å²) in [6.07, 6.45) is 3.20. The Bertz CT molecular complexity index is 674. The van der Waals surface area contributed by atoms with Gasteiger partial charge < -0.3 is 10.2 Å². The summed E-state index contributed by atoms with van der Waals surface area (Å²) in [4.78, 5) is 12.8. The van der Waals surface area contributed by atoms with Crippen LogP contribution in [0, 0.1) is 0 Å². The number of phenolic OH excluding ortho intramolecular Hbond substituents is 2. The van der Waals surface area contributed by atoms with Crippen LogP contribution >= 0.6 is 0 Å². The molecule has 2 N–H and O–H groups in total. The zero-order valence-electron chi connectivity index (χ0n) is 13.1. The van der Waals surface area contributed by atoms with Crippen molar-refractivity contribution in [3.8, 4) is 11.5 Å². The molecule has 3 heteroatoms. The molecule has 2 aromatic rings. The van der Waals surface area contributed by atoms with Gasteiger partial charge in [0.05, 0.1) is 5.56 Å². The maximum absolute atomic E-state index is 12.8. The Morgan fingerprint density at radius 2 is 1.55 bits per heavy atom. The third-order valence-corrected chi connectivity index (χ3v) is 3.72. The van der Waals surface area contributed by atoms with E-state index in [0.717, 1.165) is 24.8 Å². The Balaban J connectivity index is 2.50. The second-order valence-electron chi connectivity index (χ2n) is 5.49. The van der Waals surface area contributed by atoms with Crippen LogP contribution in [0.25, 0.3) is 0 Å². The van der Waals surface area contributed by atoms with Crippen molar-refractivity contribution in [1.29, 1.82) is 0 Å². The molecule has 0 bridgehead atoms. The molecule has 2 rings (SSSR count). The largest absolute Gasteiger partial charge is 0.508 e. The first-order chi connectivity index (χ1) is 10.6. The van der Waals surface area contributed by atoms with Gasteiger partial charge in [-0.2, -0.15) is 0 Å². The van der Waals surface area contributed by atoms with Gasteiger partial charge in [0.2, 0.25) is 0 Å². The molecule has 0 aliphatic rings. The SMILES string of the molecule is CCCc1ccccc1C(=O)c1cc(O)cc(CCC)c1O. The van der Waals surface area contributed by atoms with Crippen molar-refractivity contribution in [2.75, 3.05) is 0 Å². The predicted octanol–water partition coefficient (Wildman–Crippen LogP) is 4.23. The Labute approximate surface area is 131 Å². The molecule has 3 nitrogen and oxygen atoms in total. The molecule has 22 heavy (non-hydrogen) atoms. The summed E-state index contributed by atoms with van der Waals surface area (Å²) in [5.74, 6) is -0.247. The first-order valence-electron chi connectivity index (χ1n) is 7.75. The van der Waals surface area contributed by atoms with Crippen molar-refractivity contribution < 1.29 is 15.0 Å². The molecule has 0 heterocycles. The monoisotopic (exact) mass is 298 g/mol. The summed E-state index contributed by atoms with van der Waals surface area (Å²) < 4.78 is 0. The molecular weight excluding hydrogens is 276 g/mol. The highest BCUT2D eigenvalue weighted by atomic mass is 16.3. The third-order valence-electron chi connectivity index (χ3n) is 3.72. The molecule has 0 aliphatic heterocycles. The molecule has 0 aromatic heterocycles. The average Bonchev–Trinajstić information content (AvgIpc) is 2.51. The highest BCUT2D eigenvalue weighted by Gasteiger charge is 2.19. The second kappa shape index (κ2) is 7.12. The van der Waals surface area contributed by atoms with E-state index >= 15 is 0 Å². The molecule has 0 aliphatic carbocycles. The normalized spacial score (nSPS) is 10.6. The van der Waals surface area contributed by atoms with E-state index in [0.29, 0.717) is 17.5 Å². The zero-order valence-corrected chi connectivity index (χ0v) is 13.1. The van der Waals surface area contributed by atoms with Crippen LogP contribution < -0.4 is 0 Å². The van der Waals surface area contributed by atoms with Crippen LogP contribution in [0.5, 0.6) is 11.5 Å². The maximum Gasteiger partial charge on any atom is 0.197 e. The number of phenols is 2. The van der Waals surface area contributed by atoms with Crippen LogP contribution in [-0.2, 0) is 12.8 Å². The van der Waals surface area contributed by atoms with Crippen LogP contribution in [0.1, 0.15) is 53.7 Å². The molecule has 0 unspecified atom stereocenters. The quantitative estimate of drug-likeness (QED) is 0.619. The van der Waals surface area contributed by atoms with E-state index in [1.54, 1.807) is 6.07 Å². The average molecular weight is 298 g/mol. The summed E-state index contributed by atoms with van der Waals surface area (Å²) in [7, 11) is 0. The number of hydrogen-bond acceptors (Lipinski definition) is 3. The smallest absolute Gasteiger partial charge is 0.197 e. The minimum atomic E-state index is -0.241. The van der Waals surface area contributed by atoms with Gasteiger partial charge in [-0.15, -0.1) is 0 Å². The number of rotatable bonds is 6. The van der Waals surface area contributed by atoms with Gasteiger partial charge in [-0.1, -0.05) is 51.0 Å². The lowest BCUT2D eigenvalue weighted by Crippen LogP contribution is -2.07. The number of carbonyl (C=O) groups is 1. The number of aryl methyl sites for hydroxylation is 2. The van der Waals surface area contributed by atoms with Crippen LogP contribution in [0.3, 0.4) is 0 Å². The van der Waals surface area contributed by atoms with E-state index in [2.05, 4.69) is 6.92 Å². The van der Waals surface area contributed by atoms with E-state index < -0.39 is 0 Å². The molecule has 0 spiro atoms. The van der Waals surface area contributed by atoms with Gasteiger partial charge in [0.1, 0.15) is 11.5 Å². The van der Waals surface area contributed by atoms with Crippen molar-refractivity contribution in [3.63, 3.8) is 0 Å². The highest BCUT2D eigenvalue weighted by molar-refractivity contribution is 6.12. The van der Waals surface area contributed by atoms with Gasteiger partial charge in [-0.25, -0.2) is 0 Å². The van der Waals surface area contributed by atoms with Gasteiger partial charge in [0, 0.05) is 5.56 Å². The van der Waals surface area contributed by atoms with Gasteiger partial charge in [0.15, 0.2) is 5.78 Å². The second-order valence-corrected chi connectivity index (χ2v) is 5.49. The number of aromatic hydroxyl groups is 2. The van der Waals surface area contributed by atoms with E-state index in [1.165, 1.54) is 12.1 Å². The van der Waals surface area contributed by atoms with Gasteiger partial charge >= 0.3 is 0 Å². The molecule has 2 aromatic carbocycles. The lowest BCUT2D eigenvalue weighted by Gasteiger charge is -2.12. The summed E-state index contributed by atoms with van der Waals surface area (Å²) in [6, 6.07) is 10.3. The van der Waals surface area contributed by atoms with Crippen LogP contribution in [0.15, 0.2) is 36.4 Å². The molecule has 0 saturated carbocycles. The Kier molecular flexibility index (Phi) is 5.21. The standard InChI is InChI=1S/C19H22O3/c1-3-7-13-9-5-6-10-16(13)19(22)17-12-15(20)11-14(8-4-2)18(17)21/h5-6,9-12,20-21H,3-4,7-8H2,1-2H3. The fourth-order valence-corrected chi connectivity index (χ4v) is 2.68. The molecule has 116 valence electrons. The van der Waals surface area contributed by atoms with Crippen molar-refractivity contribution in [2.45, 2.75) is 39.5 Å². The minimum Gasteiger partial charge on any atom is -0.508 e. The van der Waals surface area contributed by atoms with E-state index in [4.69, 9.17) is 0 Å². The Morgan fingerprint density at radius 1 is 0.909 bits per heavy atom. The van der Waals surface area contributed by atoms with Crippen molar-refractivity contribution in [3.05, 3.63) is 58.7 Å². The number of benzene rings is 2. The van der Waals surface area contributed by atoms with Gasteiger partial charge in [0.25, 0.3) is 0 Å². The molecule has 0 atom stereocenters. The predicted molar refractivity (Wildman–Crippen MR) is 87.6 cm³/mol. The van der Waals surface area contributed by atoms with Gasteiger partial charge in [-0.05, 0) is 36.1 Å². The zero-order chi connectivity index (χ0) is 16.1.